The molecule has 1 aliphatic heterocycles. The van der Waals surface area contributed by atoms with E-state index in [0.29, 0.717) is 13.0 Å². The number of alkyl halides is 4. The minimum atomic E-state index is -4.18. The Morgan fingerprint density at radius 1 is 1.09 bits per heavy atom. The molecule has 0 unspecified atom stereocenters. The van der Waals surface area contributed by atoms with E-state index in [-0.39, 0.29) is 17.1 Å². The summed E-state index contributed by atoms with van der Waals surface area (Å²) in [6.45, 7) is 10.1. The van der Waals surface area contributed by atoms with E-state index < -0.39 is 19.0 Å². The van der Waals surface area contributed by atoms with E-state index in [9.17, 15) is 22.4 Å². The monoisotopic (exact) mass is 494 g/mol. The van der Waals surface area contributed by atoms with Crippen LogP contribution in [0.15, 0.2) is 30.3 Å². The maximum Gasteiger partial charge on any atom is 0.340 e. The van der Waals surface area contributed by atoms with Crippen LogP contribution in [-0.2, 0) is 17.8 Å². The van der Waals surface area contributed by atoms with E-state index in [1.54, 1.807) is 12.1 Å². The summed E-state index contributed by atoms with van der Waals surface area (Å²) in [4.78, 5) is 14.7. The van der Waals surface area contributed by atoms with Gasteiger partial charge in [0, 0.05) is 30.9 Å². The van der Waals surface area contributed by atoms with Crippen molar-refractivity contribution in [3.8, 4) is 5.75 Å². The van der Waals surface area contributed by atoms with Gasteiger partial charge < -0.3 is 15.0 Å². The maximum atomic E-state index is 13.2. The molecule has 2 aromatic carbocycles. The summed E-state index contributed by atoms with van der Waals surface area (Å²) in [5.41, 5.74) is 5.74. The second-order valence-corrected chi connectivity index (χ2v) is 10.5. The lowest BCUT2D eigenvalue weighted by atomic mass is 9.92. The highest BCUT2D eigenvalue weighted by molar-refractivity contribution is 5.93. The molecule has 0 radical (unpaired) electrons. The van der Waals surface area contributed by atoms with Crippen LogP contribution in [0.3, 0.4) is 0 Å². The molecule has 0 saturated heterocycles. The van der Waals surface area contributed by atoms with Gasteiger partial charge in [0.25, 0.3) is 0 Å². The Hall–Kier alpha value is -2.77. The zero-order chi connectivity index (χ0) is 26.0. The molecule has 4 nitrogen and oxygen atoms in total. The highest BCUT2D eigenvalue weighted by atomic mass is 19.3. The number of hydrogen-bond acceptors (Lipinski definition) is 3. The average Bonchev–Trinajstić information content (AvgIpc) is 2.95. The molecule has 0 fully saturated rings. The van der Waals surface area contributed by atoms with Crippen molar-refractivity contribution < 1.29 is 27.1 Å². The normalized spacial score (nSPS) is 14.5. The second-order valence-electron chi connectivity index (χ2n) is 10.5. The fraction of sp³-hybridized carbons (Fsp3) is 0.519. The van der Waals surface area contributed by atoms with Gasteiger partial charge in [0.1, 0.15) is 5.75 Å². The zero-order valence-corrected chi connectivity index (χ0v) is 21.0. The molecule has 0 aliphatic carbocycles. The molecular weight excluding hydrogens is 460 g/mol. The summed E-state index contributed by atoms with van der Waals surface area (Å²) in [6.07, 6.45) is -1.76. The number of carbonyl (C=O) groups is 1. The number of halogens is 4. The Balaban J connectivity index is 1.74. The fourth-order valence-electron chi connectivity index (χ4n) is 4.27. The minimum absolute atomic E-state index is 0.00974. The number of aryl methyl sites for hydroxylation is 3. The second kappa shape index (κ2) is 10.5. The van der Waals surface area contributed by atoms with Crippen molar-refractivity contribution >= 4 is 17.3 Å². The summed E-state index contributed by atoms with van der Waals surface area (Å²) < 4.78 is 56.2. The number of anilines is 2. The number of fused-ring (bicyclic) bond motifs is 1. The van der Waals surface area contributed by atoms with Gasteiger partial charge in [0.15, 0.2) is 6.61 Å². The first-order valence-electron chi connectivity index (χ1n) is 11.8. The lowest BCUT2D eigenvalue weighted by Crippen LogP contribution is -2.33. The summed E-state index contributed by atoms with van der Waals surface area (Å²) in [5, 5.41) is 3.06. The first-order chi connectivity index (χ1) is 16.2. The summed E-state index contributed by atoms with van der Waals surface area (Å²) in [7, 11) is 0. The number of amides is 1. The van der Waals surface area contributed by atoms with Crippen LogP contribution in [0.5, 0.6) is 5.75 Å². The number of hydrogen-bond donors (Lipinski definition) is 1. The summed E-state index contributed by atoms with van der Waals surface area (Å²) >= 11 is 0. The van der Waals surface area contributed by atoms with Gasteiger partial charge >= 0.3 is 12.3 Å². The Morgan fingerprint density at radius 3 is 2.34 bits per heavy atom. The number of ether oxygens (including phenoxy) is 1. The third kappa shape index (κ3) is 7.12. The number of benzene rings is 2. The van der Waals surface area contributed by atoms with Crippen molar-refractivity contribution in [1.29, 1.82) is 0 Å². The minimum Gasteiger partial charge on any atom is -0.487 e. The Bertz CT molecular complexity index is 1040. The third-order valence-electron chi connectivity index (χ3n) is 6.00. The van der Waals surface area contributed by atoms with Crippen molar-refractivity contribution in [1.82, 2.24) is 0 Å². The van der Waals surface area contributed by atoms with Crippen molar-refractivity contribution in [2.75, 3.05) is 23.4 Å². The molecule has 1 amide bonds. The highest BCUT2D eigenvalue weighted by Crippen LogP contribution is 2.32. The molecule has 2 aromatic rings. The summed E-state index contributed by atoms with van der Waals surface area (Å²) in [6, 6.07) is 9.16. The van der Waals surface area contributed by atoms with Crippen LogP contribution >= 0.6 is 0 Å². The molecule has 3 rings (SSSR count). The maximum absolute atomic E-state index is 13.2. The standard InChI is InChI=1S/C27H34F4N2O2/c1-17-11-21(12-18(2)24(17)32-23(34)14-26(3,4)5)33-10-6-7-19-13-22(9-8-20(19)15-33)35-16-27(30,31)25(28)29/h8-9,11-13,25H,6-7,10,14-16H2,1-5H3,(H,32,34). The third-order valence-corrected chi connectivity index (χ3v) is 6.00. The molecule has 8 heteroatoms. The predicted octanol–water partition coefficient (Wildman–Crippen LogP) is 6.91. The highest BCUT2D eigenvalue weighted by Gasteiger charge is 2.41. The van der Waals surface area contributed by atoms with Gasteiger partial charge in [-0.1, -0.05) is 26.8 Å². The van der Waals surface area contributed by atoms with Crippen LogP contribution in [0.1, 0.15) is 55.9 Å². The molecule has 0 bridgehead atoms. The average molecular weight is 495 g/mol. The molecule has 1 aliphatic rings. The largest absolute Gasteiger partial charge is 0.487 e. The van der Waals surface area contributed by atoms with E-state index in [2.05, 4.69) is 22.3 Å². The topological polar surface area (TPSA) is 41.6 Å². The van der Waals surface area contributed by atoms with Crippen molar-refractivity contribution in [3.05, 3.63) is 52.6 Å². The lowest BCUT2D eigenvalue weighted by Gasteiger charge is -2.26. The molecular formula is C27H34F4N2O2. The Morgan fingerprint density at radius 2 is 1.74 bits per heavy atom. The van der Waals surface area contributed by atoms with Gasteiger partial charge in [-0.3, -0.25) is 4.79 Å². The number of carbonyl (C=O) groups excluding carboxylic acids is 1. The van der Waals surface area contributed by atoms with Gasteiger partial charge in [0.2, 0.25) is 5.91 Å². The van der Waals surface area contributed by atoms with E-state index in [1.807, 2.05) is 40.7 Å². The van der Waals surface area contributed by atoms with Crippen LogP contribution in [-0.4, -0.2) is 31.4 Å². The molecule has 192 valence electrons. The first-order valence-corrected chi connectivity index (χ1v) is 11.8. The van der Waals surface area contributed by atoms with Crippen molar-refractivity contribution in [2.45, 2.75) is 72.8 Å². The Labute approximate surface area is 204 Å². The SMILES string of the molecule is Cc1cc(N2CCCc3cc(OCC(F)(F)C(F)F)ccc3C2)cc(C)c1NC(=O)CC(C)(C)C. The quantitative estimate of drug-likeness (QED) is 0.425. The van der Waals surface area contributed by atoms with Crippen LogP contribution in [0.4, 0.5) is 28.9 Å². The molecule has 0 spiro atoms. The van der Waals surface area contributed by atoms with Crippen LogP contribution in [0.25, 0.3) is 0 Å². The first kappa shape index (κ1) is 26.8. The number of rotatable bonds is 7. The van der Waals surface area contributed by atoms with Gasteiger partial charge in [-0.05, 0) is 78.6 Å². The van der Waals surface area contributed by atoms with Gasteiger partial charge in [-0.15, -0.1) is 0 Å². The van der Waals surface area contributed by atoms with E-state index in [4.69, 9.17) is 4.74 Å². The van der Waals surface area contributed by atoms with Crippen LogP contribution in [0, 0.1) is 19.3 Å². The Kier molecular flexibility index (Phi) is 8.02. The molecule has 1 heterocycles. The number of nitrogens with zero attached hydrogens (tertiary/aromatic N) is 1. The van der Waals surface area contributed by atoms with Gasteiger partial charge in [-0.25, -0.2) is 8.78 Å². The van der Waals surface area contributed by atoms with Crippen molar-refractivity contribution in [2.24, 2.45) is 5.41 Å². The molecule has 0 aromatic heterocycles. The molecule has 35 heavy (non-hydrogen) atoms. The number of nitrogens with one attached hydrogen (secondary N) is 1. The predicted molar refractivity (Wildman–Crippen MR) is 131 cm³/mol. The molecule has 0 saturated carbocycles. The molecule has 1 N–H and O–H groups in total. The smallest absolute Gasteiger partial charge is 0.340 e. The fourth-order valence-corrected chi connectivity index (χ4v) is 4.27. The van der Waals surface area contributed by atoms with E-state index >= 15 is 0 Å². The summed E-state index contributed by atoms with van der Waals surface area (Å²) in [5.74, 6) is -4.03. The lowest BCUT2D eigenvalue weighted by molar-refractivity contribution is -0.148. The zero-order valence-electron chi connectivity index (χ0n) is 21.0. The van der Waals surface area contributed by atoms with Crippen LogP contribution in [0.2, 0.25) is 0 Å². The molecule has 0 atom stereocenters. The van der Waals surface area contributed by atoms with Gasteiger partial charge in [-0.2, -0.15) is 8.78 Å². The van der Waals surface area contributed by atoms with Crippen molar-refractivity contribution in [3.63, 3.8) is 0 Å². The van der Waals surface area contributed by atoms with Crippen LogP contribution < -0.4 is 15.0 Å². The van der Waals surface area contributed by atoms with E-state index in [1.165, 1.54) is 0 Å². The van der Waals surface area contributed by atoms with Gasteiger partial charge in [0.05, 0.1) is 0 Å². The van der Waals surface area contributed by atoms with E-state index in [0.717, 1.165) is 53.0 Å².